The van der Waals surface area contributed by atoms with Gasteiger partial charge in [0.15, 0.2) is 0 Å². The zero-order valence-electron chi connectivity index (χ0n) is 26.0. The van der Waals surface area contributed by atoms with Gasteiger partial charge in [-0.2, -0.15) is 0 Å². The number of carbonyl (C=O) groups excluding carboxylic acids is 1. The van der Waals surface area contributed by atoms with E-state index in [1.807, 2.05) is 39.0 Å². The fraction of sp³-hybridized carbons (Fsp3) is 0.667. The predicted octanol–water partition coefficient (Wildman–Crippen LogP) is 9.22. The number of hydrogen-bond acceptors (Lipinski definition) is 4. The zero-order chi connectivity index (χ0) is 29.0. The average Bonchev–Trinajstić information content (AvgIpc) is 2.84. The monoisotopic (exact) mass is 555 g/mol. The lowest BCUT2D eigenvalue weighted by atomic mass is 9.63. The van der Waals surface area contributed by atoms with E-state index in [4.69, 9.17) is 13.9 Å². The molecular formula is C33H53NO4Si. The van der Waals surface area contributed by atoms with Gasteiger partial charge < -0.3 is 13.9 Å². The molecule has 1 aliphatic carbocycles. The molecule has 1 aromatic carbocycles. The summed E-state index contributed by atoms with van der Waals surface area (Å²) in [5, 5.41) is 0. The molecule has 1 amide bonds. The quantitative estimate of drug-likeness (QED) is 0.285. The third-order valence-electron chi connectivity index (χ3n) is 8.86. The first-order valence-corrected chi connectivity index (χ1v) is 17.1. The maximum absolute atomic E-state index is 13.2. The third-order valence-corrected chi connectivity index (χ3v) is 14.9. The van der Waals surface area contributed by atoms with Crippen LogP contribution < -0.4 is 0 Å². The summed E-state index contributed by atoms with van der Waals surface area (Å²) in [5.41, 5.74) is 2.75. The molecule has 0 aromatic heterocycles. The Morgan fingerprint density at radius 2 is 1.67 bits per heavy atom. The van der Waals surface area contributed by atoms with Crippen molar-refractivity contribution in [1.29, 1.82) is 0 Å². The highest BCUT2D eigenvalue weighted by Gasteiger charge is 2.51. The minimum atomic E-state index is -2.08. The summed E-state index contributed by atoms with van der Waals surface area (Å²) < 4.78 is 19.3. The second-order valence-electron chi connectivity index (χ2n) is 13.5. The van der Waals surface area contributed by atoms with Crippen LogP contribution in [0.15, 0.2) is 54.4 Å². The SMILES string of the molecule is C=C1N(C(=O)OC(C)(C)C)CCC[C@@]12CCC(O[Si](C(C)C)(C(C)C)C(C)C)=C[C@@H]2COCc1ccccc1. The number of benzene rings is 1. The summed E-state index contributed by atoms with van der Waals surface area (Å²) in [7, 11) is -2.08. The lowest BCUT2D eigenvalue weighted by molar-refractivity contribution is -0.00317. The van der Waals surface area contributed by atoms with E-state index in [1.165, 1.54) is 0 Å². The smallest absolute Gasteiger partial charge is 0.414 e. The van der Waals surface area contributed by atoms with Crippen molar-refractivity contribution in [3.05, 3.63) is 60.0 Å². The van der Waals surface area contributed by atoms with E-state index in [9.17, 15) is 4.79 Å². The first-order chi connectivity index (χ1) is 18.2. The van der Waals surface area contributed by atoms with Crippen LogP contribution in [0.5, 0.6) is 0 Å². The Labute approximate surface area is 239 Å². The van der Waals surface area contributed by atoms with Crippen LogP contribution in [-0.2, 0) is 20.5 Å². The molecule has 0 radical (unpaired) electrons. The topological polar surface area (TPSA) is 48.0 Å². The fourth-order valence-electron chi connectivity index (χ4n) is 7.04. The van der Waals surface area contributed by atoms with Gasteiger partial charge in [-0.25, -0.2) is 4.79 Å². The predicted molar refractivity (Wildman–Crippen MR) is 163 cm³/mol. The van der Waals surface area contributed by atoms with Crippen molar-refractivity contribution in [1.82, 2.24) is 4.90 Å². The molecular weight excluding hydrogens is 502 g/mol. The Bertz CT molecular complexity index is 989. The molecule has 1 spiro atoms. The molecule has 0 bridgehead atoms. The Balaban J connectivity index is 1.94. The molecule has 0 saturated carbocycles. The highest BCUT2D eigenvalue weighted by molar-refractivity contribution is 6.77. The highest BCUT2D eigenvalue weighted by atomic mass is 28.4. The molecule has 1 aromatic rings. The van der Waals surface area contributed by atoms with Crippen molar-refractivity contribution in [2.45, 2.75) is 117 Å². The number of nitrogens with zero attached hydrogens (tertiary/aromatic N) is 1. The Hall–Kier alpha value is -2.05. The number of allylic oxidation sites excluding steroid dienone is 2. The first-order valence-electron chi connectivity index (χ1n) is 14.9. The Kier molecular flexibility index (Phi) is 10.2. The van der Waals surface area contributed by atoms with Crippen LogP contribution in [0.3, 0.4) is 0 Å². The summed E-state index contributed by atoms with van der Waals surface area (Å²) in [6, 6.07) is 10.3. The number of likely N-dealkylation sites (tertiary alicyclic amines) is 1. The Morgan fingerprint density at radius 1 is 1.05 bits per heavy atom. The van der Waals surface area contributed by atoms with Crippen molar-refractivity contribution in [3.8, 4) is 0 Å². The molecule has 1 heterocycles. The second-order valence-corrected chi connectivity index (χ2v) is 18.9. The van der Waals surface area contributed by atoms with Crippen molar-refractivity contribution in [2.24, 2.45) is 11.3 Å². The fourth-order valence-corrected chi connectivity index (χ4v) is 12.4. The van der Waals surface area contributed by atoms with E-state index in [2.05, 4.69) is 66.3 Å². The summed E-state index contributed by atoms with van der Waals surface area (Å²) >= 11 is 0. The van der Waals surface area contributed by atoms with Gasteiger partial charge in [-0.1, -0.05) is 78.5 Å². The van der Waals surface area contributed by atoms with Gasteiger partial charge in [0.2, 0.25) is 0 Å². The molecule has 39 heavy (non-hydrogen) atoms. The normalized spacial score (nSPS) is 22.6. The van der Waals surface area contributed by atoms with Gasteiger partial charge in [-0.05, 0) is 68.3 Å². The maximum atomic E-state index is 13.2. The maximum Gasteiger partial charge on any atom is 0.414 e. The van der Waals surface area contributed by atoms with Crippen LogP contribution >= 0.6 is 0 Å². The largest absolute Gasteiger partial charge is 0.546 e. The minimum Gasteiger partial charge on any atom is -0.546 e. The van der Waals surface area contributed by atoms with Crippen LogP contribution in [0.4, 0.5) is 4.79 Å². The lowest BCUT2D eigenvalue weighted by Gasteiger charge is -2.51. The number of ether oxygens (including phenoxy) is 2. The van der Waals surface area contributed by atoms with Crippen LogP contribution in [0.2, 0.25) is 16.6 Å². The van der Waals surface area contributed by atoms with Crippen LogP contribution in [0.1, 0.15) is 93.6 Å². The molecule has 1 aliphatic heterocycles. The van der Waals surface area contributed by atoms with Crippen molar-refractivity contribution in [3.63, 3.8) is 0 Å². The van der Waals surface area contributed by atoms with Gasteiger partial charge in [0, 0.05) is 30.0 Å². The summed E-state index contributed by atoms with van der Waals surface area (Å²) in [4.78, 5) is 15.0. The van der Waals surface area contributed by atoms with Gasteiger partial charge in [0.1, 0.15) is 5.60 Å². The molecule has 3 rings (SSSR count). The first kappa shape index (κ1) is 31.5. The number of carbonyl (C=O) groups is 1. The van der Waals surface area contributed by atoms with Gasteiger partial charge in [-0.3, -0.25) is 4.90 Å². The van der Waals surface area contributed by atoms with Crippen molar-refractivity contribution in [2.75, 3.05) is 13.2 Å². The van der Waals surface area contributed by atoms with E-state index in [1.54, 1.807) is 4.90 Å². The molecule has 0 N–H and O–H groups in total. The molecule has 2 atom stereocenters. The van der Waals surface area contributed by atoms with E-state index < -0.39 is 13.9 Å². The molecule has 1 fully saturated rings. The highest BCUT2D eigenvalue weighted by Crippen LogP contribution is 2.54. The summed E-state index contributed by atoms with van der Waals surface area (Å²) in [6.07, 6.45) is 5.70. The number of piperidine rings is 1. The molecule has 1 saturated heterocycles. The number of hydrogen-bond donors (Lipinski definition) is 0. The van der Waals surface area contributed by atoms with Gasteiger partial charge in [0.25, 0.3) is 8.32 Å². The molecule has 5 nitrogen and oxygen atoms in total. The summed E-state index contributed by atoms with van der Waals surface area (Å²) in [5.74, 6) is 1.18. The van der Waals surface area contributed by atoms with Gasteiger partial charge in [0.05, 0.1) is 19.0 Å². The van der Waals surface area contributed by atoms with Crippen molar-refractivity contribution >= 4 is 14.4 Å². The zero-order valence-corrected chi connectivity index (χ0v) is 27.0. The second kappa shape index (κ2) is 12.6. The van der Waals surface area contributed by atoms with Crippen LogP contribution in [0.25, 0.3) is 0 Å². The van der Waals surface area contributed by atoms with E-state index in [0.717, 1.165) is 42.7 Å². The molecule has 218 valence electrons. The lowest BCUT2D eigenvalue weighted by Crippen LogP contribution is -2.51. The van der Waals surface area contributed by atoms with Crippen LogP contribution in [0, 0.1) is 11.3 Å². The summed E-state index contributed by atoms with van der Waals surface area (Å²) in [6.45, 7) is 26.0. The Morgan fingerprint density at radius 3 is 2.23 bits per heavy atom. The third kappa shape index (κ3) is 7.00. The van der Waals surface area contributed by atoms with E-state index in [-0.39, 0.29) is 17.4 Å². The van der Waals surface area contributed by atoms with E-state index >= 15 is 0 Å². The molecule has 2 aliphatic rings. The van der Waals surface area contributed by atoms with Crippen molar-refractivity contribution < 1.29 is 18.7 Å². The van der Waals surface area contributed by atoms with Gasteiger partial charge >= 0.3 is 6.09 Å². The minimum absolute atomic E-state index is 0.0703. The van der Waals surface area contributed by atoms with E-state index in [0.29, 0.717) is 36.4 Å². The van der Waals surface area contributed by atoms with Gasteiger partial charge in [-0.15, -0.1) is 0 Å². The average molecular weight is 556 g/mol. The van der Waals surface area contributed by atoms with Crippen LogP contribution in [-0.4, -0.2) is 38.1 Å². The standard InChI is InChI=1S/C33H53NO4Si/c1-24(2)39(25(3)4,26(5)6)38-30-17-19-33(29(21-30)23-36-22-28-15-12-11-13-16-28)18-14-20-34(27(33)7)31(35)37-32(8,9)10/h11-13,15-16,21,24-26,29H,7,14,17-20,22-23H2,1-6,8-10H3/t29-,33-/m1/s1. The molecule has 0 unspecified atom stereocenters. The number of rotatable bonds is 9. The molecule has 6 heteroatoms. The number of amides is 1.